The Morgan fingerprint density at radius 2 is 2.21 bits per heavy atom. The molecular formula is C16H23NO2. The predicted molar refractivity (Wildman–Crippen MR) is 75.5 cm³/mol. The van der Waals surface area contributed by atoms with Crippen molar-refractivity contribution in [3.05, 3.63) is 29.3 Å². The number of aryl methyl sites for hydroxylation is 1. The lowest BCUT2D eigenvalue weighted by atomic mass is 10.1. The Hall–Kier alpha value is -1.06. The van der Waals surface area contributed by atoms with Gasteiger partial charge in [-0.15, -0.1) is 0 Å². The van der Waals surface area contributed by atoms with E-state index in [4.69, 9.17) is 4.74 Å². The second-order valence-electron chi connectivity index (χ2n) is 5.97. The summed E-state index contributed by atoms with van der Waals surface area (Å²) in [6.07, 6.45) is 4.43. The normalized spacial score (nSPS) is 29.3. The van der Waals surface area contributed by atoms with E-state index in [1.54, 1.807) is 0 Å². The van der Waals surface area contributed by atoms with Gasteiger partial charge >= 0.3 is 0 Å². The number of ether oxygens (including phenoxy) is 1. The molecule has 1 aliphatic heterocycles. The SMILES string of the molecule is Cc1ccc2c(c1)CC(CNCC1CCCC1O)O2. The molecule has 0 saturated heterocycles. The quantitative estimate of drug-likeness (QED) is 0.871. The molecule has 2 aliphatic rings. The van der Waals surface area contributed by atoms with Crippen molar-refractivity contribution in [1.29, 1.82) is 0 Å². The molecule has 2 N–H and O–H groups in total. The fraction of sp³-hybridized carbons (Fsp3) is 0.625. The van der Waals surface area contributed by atoms with Crippen LogP contribution in [0, 0.1) is 12.8 Å². The molecule has 1 aromatic carbocycles. The lowest BCUT2D eigenvalue weighted by molar-refractivity contribution is 0.128. The highest BCUT2D eigenvalue weighted by atomic mass is 16.5. The summed E-state index contributed by atoms with van der Waals surface area (Å²) in [6, 6.07) is 6.39. The standard InChI is InChI=1S/C16H23NO2/c1-11-5-6-16-13(7-11)8-14(19-16)10-17-9-12-3-2-4-15(12)18/h5-7,12,14-15,17-18H,2-4,8-10H2,1H3. The maximum atomic E-state index is 9.78. The van der Waals surface area contributed by atoms with Crippen molar-refractivity contribution in [2.45, 2.75) is 44.8 Å². The van der Waals surface area contributed by atoms with Gasteiger partial charge in [-0.3, -0.25) is 0 Å². The second kappa shape index (κ2) is 5.51. The summed E-state index contributed by atoms with van der Waals surface area (Å²) < 4.78 is 5.93. The molecule has 3 nitrogen and oxygen atoms in total. The minimum absolute atomic E-state index is 0.100. The van der Waals surface area contributed by atoms with Crippen LogP contribution in [-0.2, 0) is 6.42 Å². The summed E-state index contributed by atoms with van der Waals surface area (Å²) >= 11 is 0. The van der Waals surface area contributed by atoms with E-state index in [1.807, 2.05) is 0 Å². The molecule has 3 heteroatoms. The molecule has 0 amide bonds. The maximum Gasteiger partial charge on any atom is 0.123 e. The van der Waals surface area contributed by atoms with Gasteiger partial charge in [0.1, 0.15) is 11.9 Å². The lowest BCUT2D eigenvalue weighted by Crippen LogP contribution is -2.35. The van der Waals surface area contributed by atoms with Crippen molar-refractivity contribution in [2.75, 3.05) is 13.1 Å². The highest BCUT2D eigenvalue weighted by Gasteiger charge is 2.26. The number of benzene rings is 1. The smallest absolute Gasteiger partial charge is 0.123 e. The van der Waals surface area contributed by atoms with Crippen molar-refractivity contribution < 1.29 is 9.84 Å². The third-order valence-electron chi connectivity index (χ3n) is 4.35. The maximum absolute atomic E-state index is 9.78. The van der Waals surface area contributed by atoms with Gasteiger partial charge in [-0.2, -0.15) is 0 Å². The van der Waals surface area contributed by atoms with Crippen LogP contribution in [-0.4, -0.2) is 30.4 Å². The Kier molecular flexibility index (Phi) is 3.76. The summed E-state index contributed by atoms with van der Waals surface area (Å²) in [6.45, 7) is 3.90. The number of aliphatic hydroxyl groups excluding tert-OH is 1. The average molecular weight is 261 g/mol. The van der Waals surface area contributed by atoms with Crippen molar-refractivity contribution in [2.24, 2.45) is 5.92 Å². The number of fused-ring (bicyclic) bond motifs is 1. The first-order valence-electron chi connectivity index (χ1n) is 7.37. The van der Waals surface area contributed by atoms with E-state index in [0.717, 1.165) is 44.5 Å². The molecule has 1 aromatic rings. The highest BCUT2D eigenvalue weighted by Crippen LogP contribution is 2.29. The van der Waals surface area contributed by atoms with E-state index < -0.39 is 0 Å². The molecule has 1 saturated carbocycles. The van der Waals surface area contributed by atoms with Crippen molar-refractivity contribution in [3.8, 4) is 5.75 Å². The highest BCUT2D eigenvalue weighted by molar-refractivity contribution is 5.40. The van der Waals surface area contributed by atoms with Crippen LogP contribution in [0.15, 0.2) is 18.2 Å². The Bertz CT molecular complexity index is 446. The van der Waals surface area contributed by atoms with Crippen LogP contribution in [0.4, 0.5) is 0 Å². The Morgan fingerprint density at radius 3 is 3.00 bits per heavy atom. The Balaban J connectivity index is 1.46. The Morgan fingerprint density at radius 1 is 1.32 bits per heavy atom. The molecule has 0 radical (unpaired) electrons. The van der Waals surface area contributed by atoms with Gasteiger partial charge < -0.3 is 15.2 Å². The Labute approximate surface area is 115 Å². The zero-order valence-electron chi connectivity index (χ0n) is 11.6. The predicted octanol–water partition coefficient (Wildman–Crippen LogP) is 2.05. The van der Waals surface area contributed by atoms with Gasteiger partial charge in [-0.05, 0) is 37.3 Å². The number of rotatable bonds is 4. The van der Waals surface area contributed by atoms with E-state index in [1.165, 1.54) is 11.1 Å². The second-order valence-corrected chi connectivity index (χ2v) is 5.97. The molecule has 3 rings (SSSR count). The van der Waals surface area contributed by atoms with Gasteiger partial charge in [0.25, 0.3) is 0 Å². The average Bonchev–Trinajstić information content (AvgIpc) is 2.95. The van der Waals surface area contributed by atoms with Gasteiger partial charge in [-0.1, -0.05) is 24.1 Å². The first-order chi connectivity index (χ1) is 9.22. The van der Waals surface area contributed by atoms with Crippen LogP contribution < -0.4 is 10.1 Å². The molecule has 1 heterocycles. The van der Waals surface area contributed by atoms with Crippen LogP contribution in [0.5, 0.6) is 5.75 Å². The summed E-state index contributed by atoms with van der Waals surface area (Å²) in [7, 11) is 0. The fourth-order valence-electron chi connectivity index (χ4n) is 3.25. The van der Waals surface area contributed by atoms with Gasteiger partial charge in [0.2, 0.25) is 0 Å². The van der Waals surface area contributed by atoms with E-state index in [-0.39, 0.29) is 12.2 Å². The molecule has 0 spiro atoms. The van der Waals surface area contributed by atoms with Gasteiger partial charge in [0, 0.05) is 19.5 Å². The van der Waals surface area contributed by atoms with Crippen LogP contribution in [0.3, 0.4) is 0 Å². The molecular weight excluding hydrogens is 238 g/mol. The summed E-state index contributed by atoms with van der Waals surface area (Å²) in [5.74, 6) is 1.48. The van der Waals surface area contributed by atoms with Crippen LogP contribution in [0.1, 0.15) is 30.4 Å². The summed E-state index contributed by atoms with van der Waals surface area (Å²) in [4.78, 5) is 0. The third-order valence-corrected chi connectivity index (χ3v) is 4.35. The fourth-order valence-corrected chi connectivity index (χ4v) is 3.25. The number of hydrogen-bond acceptors (Lipinski definition) is 3. The number of nitrogens with one attached hydrogen (secondary N) is 1. The van der Waals surface area contributed by atoms with Gasteiger partial charge in [0.15, 0.2) is 0 Å². The topological polar surface area (TPSA) is 41.5 Å². The largest absolute Gasteiger partial charge is 0.488 e. The van der Waals surface area contributed by atoms with E-state index in [2.05, 4.69) is 30.4 Å². The minimum Gasteiger partial charge on any atom is -0.488 e. The van der Waals surface area contributed by atoms with Gasteiger partial charge in [-0.25, -0.2) is 0 Å². The molecule has 1 aliphatic carbocycles. The van der Waals surface area contributed by atoms with E-state index in [9.17, 15) is 5.11 Å². The first kappa shape index (κ1) is 12.9. The zero-order valence-corrected chi connectivity index (χ0v) is 11.6. The van der Waals surface area contributed by atoms with Crippen LogP contribution >= 0.6 is 0 Å². The molecule has 1 fully saturated rings. The summed E-state index contributed by atoms with van der Waals surface area (Å²) in [5.41, 5.74) is 2.62. The molecule has 0 bridgehead atoms. The number of hydrogen-bond donors (Lipinski definition) is 2. The molecule has 3 unspecified atom stereocenters. The van der Waals surface area contributed by atoms with Crippen molar-refractivity contribution in [1.82, 2.24) is 5.32 Å². The zero-order chi connectivity index (χ0) is 13.2. The van der Waals surface area contributed by atoms with E-state index in [0.29, 0.717) is 5.92 Å². The number of aliphatic hydroxyl groups is 1. The minimum atomic E-state index is -0.100. The molecule has 19 heavy (non-hydrogen) atoms. The first-order valence-corrected chi connectivity index (χ1v) is 7.37. The van der Waals surface area contributed by atoms with Crippen LogP contribution in [0.2, 0.25) is 0 Å². The van der Waals surface area contributed by atoms with E-state index >= 15 is 0 Å². The van der Waals surface area contributed by atoms with Crippen molar-refractivity contribution >= 4 is 0 Å². The van der Waals surface area contributed by atoms with Crippen LogP contribution in [0.25, 0.3) is 0 Å². The molecule has 104 valence electrons. The lowest BCUT2D eigenvalue weighted by Gasteiger charge is -2.17. The molecule has 0 aromatic heterocycles. The monoisotopic (exact) mass is 261 g/mol. The van der Waals surface area contributed by atoms with Crippen molar-refractivity contribution in [3.63, 3.8) is 0 Å². The van der Waals surface area contributed by atoms with Gasteiger partial charge in [0.05, 0.1) is 6.10 Å². The third kappa shape index (κ3) is 2.93. The molecule has 3 atom stereocenters. The summed E-state index contributed by atoms with van der Waals surface area (Å²) in [5, 5.41) is 13.2.